The van der Waals surface area contributed by atoms with Crippen molar-refractivity contribution in [1.29, 1.82) is 0 Å². The summed E-state index contributed by atoms with van der Waals surface area (Å²) in [5.74, 6) is 0.601. The van der Waals surface area contributed by atoms with Crippen molar-refractivity contribution < 1.29 is 14.3 Å². The molecule has 10 heteroatoms. The van der Waals surface area contributed by atoms with E-state index in [1.165, 1.54) is 0 Å². The number of aromatic nitrogens is 2. The first-order chi connectivity index (χ1) is 16.1. The lowest BCUT2D eigenvalue weighted by molar-refractivity contribution is -0.136. The minimum atomic E-state index is -0.299. The van der Waals surface area contributed by atoms with Crippen LogP contribution in [0.15, 0.2) is 41.0 Å². The maximum atomic E-state index is 13.2. The second-order valence-electron chi connectivity index (χ2n) is 8.57. The molecule has 1 atom stereocenters. The number of rotatable bonds is 4. The number of hydrogen-bond donors (Lipinski definition) is 0. The molecule has 5 rings (SSSR count). The lowest BCUT2D eigenvalue weighted by atomic mass is 10.1. The van der Waals surface area contributed by atoms with Crippen LogP contribution in [0.4, 0.5) is 17.2 Å². The molecule has 3 aliphatic rings. The van der Waals surface area contributed by atoms with Crippen LogP contribution in [0.5, 0.6) is 0 Å². The molecule has 0 N–H and O–H groups in total. The van der Waals surface area contributed by atoms with Crippen LogP contribution in [-0.2, 0) is 14.3 Å². The summed E-state index contributed by atoms with van der Waals surface area (Å²) in [4.78, 5) is 33.8. The number of amides is 2. The topological polar surface area (TPSA) is 82.1 Å². The summed E-state index contributed by atoms with van der Waals surface area (Å²) in [6.07, 6.45) is 2.06. The van der Waals surface area contributed by atoms with Gasteiger partial charge in [0.2, 0.25) is 11.8 Å². The molecule has 0 saturated carbocycles. The van der Waals surface area contributed by atoms with Gasteiger partial charge in [0.1, 0.15) is 0 Å². The fourth-order valence-corrected chi connectivity index (χ4v) is 5.06. The average molecular weight is 515 g/mol. The number of ether oxygens (including phenoxy) is 1. The second kappa shape index (κ2) is 9.64. The number of nitrogens with zero attached hydrogens (tertiary/aromatic N) is 6. The van der Waals surface area contributed by atoms with Crippen LogP contribution in [0.1, 0.15) is 6.42 Å². The van der Waals surface area contributed by atoms with Gasteiger partial charge < -0.3 is 24.3 Å². The third-order valence-electron chi connectivity index (χ3n) is 6.51. The highest BCUT2D eigenvalue weighted by molar-refractivity contribution is 9.10. The van der Waals surface area contributed by atoms with Crippen molar-refractivity contribution >= 4 is 44.9 Å². The Morgan fingerprint density at radius 3 is 2.55 bits per heavy atom. The Balaban J connectivity index is 1.18. The van der Waals surface area contributed by atoms with Crippen molar-refractivity contribution in [2.75, 3.05) is 73.7 Å². The molecule has 2 aromatic rings. The third kappa shape index (κ3) is 4.81. The fourth-order valence-electron chi connectivity index (χ4n) is 4.68. The number of carbonyl (C=O) groups is 2. The molecule has 3 aliphatic heterocycles. The Morgan fingerprint density at radius 2 is 1.79 bits per heavy atom. The van der Waals surface area contributed by atoms with E-state index in [0.717, 1.165) is 48.0 Å². The summed E-state index contributed by atoms with van der Waals surface area (Å²) in [6, 6.07) is 9.71. The van der Waals surface area contributed by atoms with Gasteiger partial charge in [0.25, 0.3) is 0 Å². The Bertz CT molecular complexity index is 1020. The molecule has 1 unspecified atom stereocenters. The van der Waals surface area contributed by atoms with Crippen LogP contribution in [0.3, 0.4) is 0 Å². The first-order valence-electron chi connectivity index (χ1n) is 11.3. The number of piperazine rings is 1. The first-order valence-corrected chi connectivity index (χ1v) is 12.1. The van der Waals surface area contributed by atoms with Crippen molar-refractivity contribution in [3.05, 3.63) is 41.0 Å². The van der Waals surface area contributed by atoms with Gasteiger partial charge in [0.15, 0.2) is 5.82 Å². The first kappa shape index (κ1) is 22.1. The molecule has 4 heterocycles. The molecule has 0 aliphatic carbocycles. The summed E-state index contributed by atoms with van der Waals surface area (Å²) in [6.45, 7) is 6.21. The normalized spacial score (nSPS) is 21.6. The molecule has 1 aromatic heterocycles. The highest BCUT2D eigenvalue weighted by Gasteiger charge is 2.38. The third-order valence-corrected chi connectivity index (χ3v) is 7.01. The average Bonchev–Trinajstić information content (AvgIpc) is 3.26. The maximum absolute atomic E-state index is 13.2. The minimum Gasteiger partial charge on any atom is -0.378 e. The zero-order chi connectivity index (χ0) is 22.8. The molecule has 174 valence electrons. The predicted octanol–water partition coefficient (Wildman–Crippen LogP) is 1.78. The van der Waals surface area contributed by atoms with Gasteiger partial charge in [-0.15, -0.1) is 5.10 Å². The van der Waals surface area contributed by atoms with E-state index in [4.69, 9.17) is 4.74 Å². The van der Waals surface area contributed by atoms with E-state index in [-0.39, 0.29) is 24.2 Å². The van der Waals surface area contributed by atoms with Gasteiger partial charge in [0, 0.05) is 68.5 Å². The number of hydrogen-bond acceptors (Lipinski definition) is 7. The Kier molecular flexibility index (Phi) is 6.45. The minimum absolute atomic E-state index is 0.000267. The summed E-state index contributed by atoms with van der Waals surface area (Å²) in [5, 5.41) is 8.53. The van der Waals surface area contributed by atoms with Gasteiger partial charge >= 0.3 is 0 Å². The number of benzene rings is 1. The summed E-state index contributed by atoms with van der Waals surface area (Å²) in [7, 11) is 0. The summed E-state index contributed by atoms with van der Waals surface area (Å²) in [5.41, 5.74) is 1.88. The van der Waals surface area contributed by atoms with E-state index in [1.807, 2.05) is 29.2 Å². The van der Waals surface area contributed by atoms with E-state index in [9.17, 15) is 9.59 Å². The summed E-state index contributed by atoms with van der Waals surface area (Å²) >= 11 is 3.45. The molecule has 2 amide bonds. The van der Waals surface area contributed by atoms with E-state index in [0.29, 0.717) is 32.7 Å². The molecule has 0 radical (unpaired) electrons. The van der Waals surface area contributed by atoms with E-state index >= 15 is 0 Å². The van der Waals surface area contributed by atoms with Crippen LogP contribution in [0, 0.1) is 5.92 Å². The predicted molar refractivity (Wildman–Crippen MR) is 128 cm³/mol. The molecular formula is C23H27BrN6O3. The van der Waals surface area contributed by atoms with Crippen molar-refractivity contribution in [3.63, 3.8) is 0 Å². The zero-order valence-corrected chi connectivity index (χ0v) is 20.0. The molecule has 3 saturated heterocycles. The molecular weight excluding hydrogens is 488 g/mol. The molecule has 9 nitrogen and oxygen atoms in total. The summed E-state index contributed by atoms with van der Waals surface area (Å²) < 4.78 is 6.35. The van der Waals surface area contributed by atoms with Crippen molar-refractivity contribution in [2.45, 2.75) is 6.42 Å². The Hall–Kier alpha value is -2.72. The Labute approximate surface area is 201 Å². The maximum Gasteiger partial charge on any atom is 0.228 e. The van der Waals surface area contributed by atoms with E-state index < -0.39 is 0 Å². The molecule has 33 heavy (non-hydrogen) atoms. The monoisotopic (exact) mass is 514 g/mol. The highest BCUT2D eigenvalue weighted by Crippen LogP contribution is 2.29. The van der Waals surface area contributed by atoms with E-state index in [2.05, 4.69) is 42.0 Å². The number of morpholine rings is 1. The van der Waals surface area contributed by atoms with Crippen LogP contribution in [0.2, 0.25) is 0 Å². The van der Waals surface area contributed by atoms with Gasteiger partial charge in [0.05, 0.1) is 31.0 Å². The van der Waals surface area contributed by atoms with Gasteiger partial charge in [-0.2, -0.15) is 5.10 Å². The molecule has 0 spiro atoms. The highest BCUT2D eigenvalue weighted by atomic mass is 79.9. The SMILES string of the molecule is O=C(C1CC(=O)N(c2cccc(Br)c2)C1)N1CCN(c2cc(N3CCOCC3)cnn2)CC1. The van der Waals surface area contributed by atoms with Gasteiger partial charge in [-0.3, -0.25) is 9.59 Å². The van der Waals surface area contributed by atoms with Gasteiger partial charge in [-0.05, 0) is 18.2 Å². The van der Waals surface area contributed by atoms with Crippen molar-refractivity contribution in [2.24, 2.45) is 5.92 Å². The van der Waals surface area contributed by atoms with Crippen LogP contribution < -0.4 is 14.7 Å². The number of halogens is 1. The molecule has 1 aromatic carbocycles. The lowest BCUT2D eigenvalue weighted by Crippen LogP contribution is -2.51. The van der Waals surface area contributed by atoms with Gasteiger partial charge in [-0.1, -0.05) is 22.0 Å². The Morgan fingerprint density at radius 1 is 1.00 bits per heavy atom. The van der Waals surface area contributed by atoms with Crippen LogP contribution in [-0.4, -0.2) is 85.9 Å². The van der Waals surface area contributed by atoms with Crippen LogP contribution >= 0.6 is 15.9 Å². The largest absolute Gasteiger partial charge is 0.378 e. The lowest BCUT2D eigenvalue weighted by Gasteiger charge is -2.36. The fraction of sp³-hybridized carbons (Fsp3) is 0.478. The standard InChI is InChI=1S/C23H27BrN6O3/c24-18-2-1-3-19(13-18)30-16-17(12-22(30)31)23(32)29-6-4-28(5-7-29)21-14-20(15-25-26-21)27-8-10-33-11-9-27/h1-3,13-15,17H,4-12,16H2. The number of anilines is 3. The number of carbonyl (C=O) groups excluding carboxylic acids is 2. The molecule has 3 fully saturated rings. The van der Waals surface area contributed by atoms with Crippen molar-refractivity contribution in [3.8, 4) is 0 Å². The quantitative estimate of drug-likeness (QED) is 0.614. The zero-order valence-electron chi connectivity index (χ0n) is 18.4. The van der Waals surface area contributed by atoms with E-state index in [1.54, 1.807) is 11.1 Å². The smallest absolute Gasteiger partial charge is 0.228 e. The van der Waals surface area contributed by atoms with Crippen LogP contribution in [0.25, 0.3) is 0 Å². The molecule has 0 bridgehead atoms. The second-order valence-corrected chi connectivity index (χ2v) is 9.48. The van der Waals surface area contributed by atoms with Gasteiger partial charge in [-0.25, -0.2) is 0 Å². The van der Waals surface area contributed by atoms with Crippen molar-refractivity contribution in [1.82, 2.24) is 15.1 Å².